The number of carbonyl (C=O) groups excluding carboxylic acids is 4. The van der Waals surface area contributed by atoms with Gasteiger partial charge in [-0.2, -0.15) is 0 Å². The van der Waals surface area contributed by atoms with Crippen molar-refractivity contribution < 1.29 is 19.2 Å². The Balaban J connectivity index is 0.000000214. The van der Waals surface area contributed by atoms with Crippen molar-refractivity contribution in [2.75, 3.05) is 0 Å². The monoisotopic (exact) mass is 748 g/mol. The summed E-state index contributed by atoms with van der Waals surface area (Å²) < 4.78 is 0. The Kier molecular flexibility index (Phi) is 14.5. The molecule has 0 heterocycles. The minimum absolute atomic E-state index is 0.0145. The van der Waals surface area contributed by atoms with Crippen LogP contribution in [-0.4, -0.2) is 23.1 Å². The summed E-state index contributed by atoms with van der Waals surface area (Å²) in [5, 5.41) is 0. The summed E-state index contributed by atoms with van der Waals surface area (Å²) in [5.41, 5.74) is 11.5. The highest BCUT2D eigenvalue weighted by Gasteiger charge is 2.31. The lowest BCUT2D eigenvalue weighted by Gasteiger charge is -2.19. The maximum Gasteiger partial charge on any atom is 0.194 e. The lowest BCUT2D eigenvalue weighted by Crippen LogP contribution is -2.21. The van der Waals surface area contributed by atoms with Crippen LogP contribution in [0, 0.1) is 11.8 Å². The number of fused-ring (bicyclic) bond motifs is 4. The van der Waals surface area contributed by atoms with E-state index in [4.69, 9.17) is 0 Å². The molecule has 0 radical (unpaired) electrons. The van der Waals surface area contributed by atoms with Crippen LogP contribution in [-0.2, 0) is 25.7 Å². The fourth-order valence-electron chi connectivity index (χ4n) is 7.60. The molecule has 0 bridgehead atoms. The summed E-state index contributed by atoms with van der Waals surface area (Å²) in [7, 11) is 0. The van der Waals surface area contributed by atoms with Gasteiger partial charge in [-0.25, -0.2) is 0 Å². The van der Waals surface area contributed by atoms with E-state index in [9.17, 15) is 19.2 Å². The molecule has 0 aliphatic heterocycles. The van der Waals surface area contributed by atoms with Gasteiger partial charge in [-0.3, -0.25) is 19.2 Å². The van der Waals surface area contributed by atoms with Crippen molar-refractivity contribution in [3.63, 3.8) is 0 Å². The fourth-order valence-corrected chi connectivity index (χ4v) is 7.60. The van der Waals surface area contributed by atoms with E-state index >= 15 is 0 Å². The molecule has 292 valence electrons. The topological polar surface area (TPSA) is 68.3 Å². The van der Waals surface area contributed by atoms with E-state index in [0.29, 0.717) is 56.3 Å². The SMILES string of the molecule is CC(C)=CCCc1ccc2c(c1)C(=O)c1cc(CCCC(C)C)ccc1C2=O.CC(C)=CCCc1ccc2c(c1)C(=O)c1ccc(CCCC(C)C)cc1C2=O. The average molecular weight is 749 g/mol. The van der Waals surface area contributed by atoms with Gasteiger partial charge in [0.25, 0.3) is 0 Å². The van der Waals surface area contributed by atoms with E-state index in [1.54, 1.807) is 0 Å². The summed E-state index contributed by atoms with van der Waals surface area (Å²) in [5.74, 6) is 1.26. The van der Waals surface area contributed by atoms with Gasteiger partial charge in [-0.1, -0.05) is 112 Å². The highest BCUT2D eigenvalue weighted by atomic mass is 16.1. The van der Waals surface area contributed by atoms with Gasteiger partial charge in [0, 0.05) is 44.5 Å². The molecule has 0 aromatic heterocycles. The van der Waals surface area contributed by atoms with Crippen molar-refractivity contribution >= 4 is 23.1 Å². The summed E-state index contributed by atoms with van der Waals surface area (Å²) in [6.07, 6.45) is 14.5. The van der Waals surface area contributed by atoms with E-state index in [1.807, 2.05) is 72.8 Å². The Morgan fingerprint density at radius 1 is 0.411 bits per heavy atom. The van der Waals surface area contributed by atoms with Gasteiger partial charge in [-0.15, -0.1) is 0 Å². The Morgan fingerprint density at radius 3 is 0.964 bits per heavy atom. The molecule has 0 saturated heterocycles. The lowest BCUT2D eigenvalue weighted by atomic mass is 9.82. The molecule has 0 fully saturated rings. The normalized spacial score (nSPS) is 12.8. The zero-order chi connectivity index (χ0) is 40.5. The standard InChI is InChI=1S/2C26H30O2/c1-17(2)7-5-9-19-11-13-21-23(15-19)25(27)22-14-12-20(10-6-8-18(3)4)16-24(22)26(21)28;1-17(2)7-5-9-19-11-13-21-23(15-19)26(28)24-16-20(10-6-8-18(3)4)12-14-22(24)25(21)27/h2*7,11-16,18H,5-6,8-10H2,1-4H3. The molecule has 4 nitrogen and oxygen atoms in total. The molecule has 0 amide bonds. The number of benzene rings is 4. The van der Waals surface area contributed by atoms with E-state index in [0.717, 1.165) is 73.6 Å². The van der Waals surface area contributed by atoms with E-state index in [1.165, 1.54) is 24.0 Å². The smallest absolute Gasteiger partial charge is 0.194 e. The number of rotatable bonds is 14. The first-order valence-corrected chi connectivity index (χ1v) is 20.7. The minimum Gasteiger partial charge on any atom is -0.289 e. The molecule has 4 aromatic rings. The van der Waals surface area contributed by atoms with Gasteiger partial charge >= 0.3 is 0 Å². The van der Waals surface area contributed by atoms with Crippen LogP contribution in [0.2, 0.25) is 0 Å². The first kappa shape index (κ1) is 42.2. The first-order valence-electron chi connectivity index (χ1n) is 20.7. The number of allylic oxidation sites excluding steroid dienone is 4. The molecule has 4 heteroatoms. The van der Waals surface area contributed by atoms with Gasteiger partial charge in [0.1, 0.15) is 0 Å². The third-order valence-electron chi connectivity index (χ3n) is 10.8. The lowest BCUT2D eigenvalue weighted by molar-refractivity contribution is 0.0979. The van der Waals surface area contributed by atoms with Gasteiger partial charge < -0.3 is 0 Å². The van der Waals surface area contributed by atoms with Crippen LogP contribution < -0.4 is 0 Å². The summed E-state index contributed by atoms with van der Waals surface area (Å²) >= 11 is 0. The fraction of sp³-hybridized carbons (Fsp3) is 0.385. The largest absolute Gasteiger partial charge is 0.289 e. The van der Waals surface area contributed by atoms with Crippen LogP contribution in [0.25, 0.3) is 0 Å². The number of aryl methyl sites for hydroxylation is 4. The Labute approximate surface area is 335 Å². The summed E-state index contributed by atoms with van der Waals surface area (Å²) in [6.45, 7) is 17.2. The van der Waals surface area contributed by atoms with E-state index in [-0.39, 0.29) is 23.1 Å². The number of ketones is 4. The van der Waals surface area contributed by atoms with Crippen molar-refractivity contribution in [3.8, 4) is 0 Å². The Bertz CT molecular complexity index is 2160. The highest BCUT2D eigenvalue weighted by Crippen LogP contribution is 2.31. The Morgan fingerprint density at radius 2 is 0.679 bits per heavy atom. The minimum atomic E-state index is -0.0332. The van der Waals surface area contributed by atoms with Crippen LogP contribution in [0.1, 0.15) is 180 Å². The van der Waals surface area contributed by atoms with Crippen LogP contribution >= 0.6 is 0 Å². The molecule has 0 spiro atoms. The van der Waals surface area contributed by atoms with Crippen LogP contribution in [0.15, 0.2) is 96.1 Å². The van der Waals surface area contributed by atoms with Gasteiger partial charge in [-0.05, 0) is 137 Å². The molecule has 2 aliphatic rings. The second-order valence-corrected chi connectivity index (χ2v) is 17.0. The van der Waals surface area contributed by atoms with Crippen molar-refractivity contribution in [1.29, 1.82) is 0 Å². The number of hydrogen-bond acceptors (Lipinski definition) is 4. The Hall–Kier alpha value is -4.96. The van der Waals surface area contributed by atoms with Crippen molar-refractivity contribution in [3.05, 3.63) is 163 Å². The number of carbonyl (C=O) groups is 4. The zero-order valence-electron chi connectivity index (χ0n) is 34.9. The molecule has 0 N–H and O–H groups in total. The molecular weight excluding hydrogens is 689 g/mol. The maximum absolute atomic E-state index is 13.2. The summed E-state index contributed by atoms with van der Waals surface area (Å²) in [6, 6.07) is 23.0. The molecule has 6 rings (SSSR count). The van der Waals surface area contributed by atoms with E-state index in [2.05, 4.69) is 67.5 Å². The van der Waals surface area contributed by atoms with Crippen LogP contribution in [0.4, 0.5) is 0 Å². The highest BCUT2D eigenvalue weighted by molar-refractivity contribution is 6.29. The predicted octanol–water partition coefficient (Wildman–Crippen LogP) is 12.7. The molecule has 0 atom stereocenters. The van der Waals surface area contributed by atoms with Crippen LogP contribution in [0.5, 0.6) is 0 Å². The molecular formula is C52H60O4. The number of hydrogen-bond donors (Lipinski definition) is 0. The van der Waals surface area contributed by atoms with Gasteiger partial charge in [0.05, 0.1) is 0 Å². The zero-order valence-corrected chi connectivity index (χ0v) is 34.9. The van der Waals surface area contributed by atoms with Gasteiger partial charge in [0.2, 0.25) is 0 Å². The third-order valence-corrected chi connectivity index (χ3v) is 10.8. The average Bonchev–Trinajstić information content (AvgIpc) is 3.15. The molecule has 0 unspecified atom stereocenters. The quantitative estimate of drug-likeness (QED) is 0.104. The van der Waals surface area contributed by atoms with Crippen molar-refractivity contribution in [2.24, 2.45) is 11.8 Å². The first-order chi connectivity index (χ1) is 26.7. The van der Waals surface area contributed by atoms with Crippen molar-refractivity contribution in [1.82, 2.24) is 0 Å². The van der Waals surface area contributed by atoms with E-state index < -0.39 is 0 Å². The second-order valence-electron chi connectivity index (χ2n) is 17.0. The molecule has 2 aliphatic carbocycles. The summed E-state index contributed by atoms with van der Waals surface area (Å²) in [4.78, 5) is 52.2. The van der Waals surface area contributed by atoms with Crippen molar-refractivity contribution in [2.45, 2.75) is 120 Å². The van der Waals surface area contributed by atoms with Crippen LogP contribution in [0.3, 0.4) is 0 Å². The second kappa shape index (κ2) is 19.3. The molecule has 4 aromatic carbocycles. The molecule has 56 heavy (non-hydrogen) atoms. The maximum atomic E-state index is 13.2. The molecule has 0 saturated carbocycles. The predicted molar refractivity (Wildman–Crippen MR) is 231 cm³/mol. The third kappa shape index (κ3) is 10.7. The van der Waals surface area contributed by atoms with Gasteiger partial charge in [0.15, 0.2) is 23.1 Å².